The molecule has 4 bridgehead atoms. The first-order valence-corrected chi connectivity index (χ1v) is 11.7. The highest BCUT2D eigenvalue weighted by Gasteiger charge is 2.60. The minimum Gasteiger partial charge on any atom is -0.435 e. The summed E-state index contributed by atoms with van der Waals surface area (Å²) in [5.74, 6) is 2.63. The zero-order valence-corrected chi connectivity index (χ0v) is 17.6. The van der Waals surface area contributed by atoms with Crippen LogP contribution in [0.3, 0.4) is 0 Å². The van der Waals surface area contributed by atoms with Crippen molar-refractivity contribution in [3.8, 4) is 0 Å². The summed E-state index contributed by atoms with van der Waals surface area (Å²) < 4.78 is -0.0123. The van der Waals surface area contributed by atoms with Crippen LogP contribution in [0.25, 0.3) is 0 Å². The summed E-state index contributed by atoms with van der Waals surface area (Å²) in [6.07, 6.45) is 8.11. The Morgan fingerprint density at radius 2 is 1.69 bits per heavy atom. The van der Waals surface area contributed by atoms with Crippen LogP contribution in [0, 0.1) is 23.7 Å². The first kappa shape index (κ1) is 19.1. The molecule has 0 aromatic carbocycles. The molecule has 1 aliphatic heterocycles. The van der Waals surface area contributed by atoms with Crippen molar-refractivity contribution in [2.75, 3.05) is 12.3 Å². The number of carbonyl (C=O) groups excluding carboxylic acids is 1. The minimum absolute atomic E-state index is 0.145. The van der Waals surface area contributed by atoms with Gasteiger partial charge in [-0.25, -0.2) is 4.79 Å². The van der Waals surface area contributed by atoms with Gasteiger partial charge in [0.2, 0.25) is 0 Å². The van der Waals surface area contributed by atoms with Crippen LogP contribution in [0.1, 0.15) is 58.8 Å². The highest BCUT2D eigenvalue weighted by atomic mass is 32.2. The molecular formula is C20H32NO3S2+. The van der Waals surface area contributed by atoms with Crippen LogP contribution in [0.5, 0.6) is 0 Å². The lowest BCUT2D eigenvalue weighted by Gasteiger charge is -2.57. The van der Waals surface area contributed by atoms with E-state index in [4.69, 9.17) is 0 Å². The fourth-order valence-electron chi connectivity index (χ4n) is 6.89. The average molecular weight is 399 g/mol. The van der Waals surface area contributed by atoms with Gasteiger partial charge in [0.05, 0.1) is 11.2 Å². The first-order chi connectivity index (χ1) is 12.3. The Hall–Kier alpha value is -0.200. The van der Waals surface area contributed by atoms with Crippen LogP contribution >= 0.6 is 24.4 Å². The fraction of sp³-hybridized carbons (Fsp3) is 0.900. The number of likely N-dealkylation sites (tertiary alicyclic amines) is 1. The normalized spacial score (nSPS) is 47.9. The zero-order valence-electron chi connectivity index (χ0n) is 15.9. The van der Waals surface area contributed by atoms with E-state index >= 15 is 0 Å². The van der Waals surface area contributed by atoms with Gasteiger partial charge in [0, 0.05) is 16.9 Å². The monoisotopic (exact) mass is 398 g/mol. The first-order valence-electron chi connectivity index (χ1n) is 10.2. The topological polar surface area (TPSA) is 54.4 Å². The molecule has 2 amide bonds. The maximum atomic E-state index is 13.0. The second-order valence-corrected chi connectivity index (χ2v) is 11.8. The molecular weight excluding hydrogens is 366 g/mol. The maximum Gasteiger partial charge on any atom is 0.521 e. The summed E-state index contributed by atoms with van der Waals surface area (Å²) in [6, 6.07) is -0.145. The van der Waals surface area contributed by atoms with Gasteiger partial charge in [0.15, 0.2) is 0 Å². The molecule has 1 heterocycles. The predicted octanol–water partition coefficient (Wildman–Crippen LogP) is 4.44. The molecule has 1 saturated heterocycles. The molecule has 4 saturated carbocycles. The third-order valence-electron chi connectivity index (χ3n) is 7.68. The molecule has 4 atom stereocenters. The summed E-state index contributed by atoms with van der Waals surface area (Å²) in [7, 11) is 0. The molecule has 1 unspecified atom stereocenters. The van der Waals surface area contributed by atoms with Gasteiger partial charge in [0.25, 0.3) is 0 Å². The van der Waals surface area contributed by atoms with Gasteiger partial charge in [-0.2, -0.15) is 21.9 Å². The maximum absolute atomic E-state index is 13.0. The van der Waals surface area contributed by atoms with E-state index in [1.54, 1.807) is 0 Å². The summed E-state index contributed by atoms with van der Waals surface area (Å²) >= 11 is 6.32. The number of hydrogen-bond acceptors (Lipinski definition) is 4. The summed E-state index contributed by atoms with van der Waals surface area (Å²) in [5.41, 5.74) is 0. The van der Waals surface area contributed by atoms with E-state index in [1.165, 1.54) is 38.5 Å². The van der Waals surface area contributed by atoms with Crippen molar-refractivity contribution in [1.29, 1.82) is 0 Å². The van der Waals surface area contributed by atoms with Gasteiger partial charge in [-0.15, -0.1) is 11.8 Å². The van der Waals surface area contributed by atoms with Crippen LogP contribution in [-0.4, -0.2) is 49.9 Å². The van der Waals surface area contributed by atoms with E-state index in [-0.39, 0.29) is 27.6 Å². The number of rotatable bonds is 4. The number of hydrogen-bond donors (Lipinski definition) is 2. The molecule has 26 heavy (non-hydrogen) atoms. The number of imide groups is 1. The molecule has 4 nitrogen and oxygen atoms in total. The van der Waals surface area contributed by atoms with E-state index in [1.807, 2.05) is 13.8 Å². The van der Waals surface area contributed by atoms with Crippen molar-refractivity contribution < 1.29 is 19.2 Å². The van der Waals surface area contributed by atoms with Crippen LogP contribution in [0.2, 0.25) is 0 Å². The van der Waals surface area contributed by atoms with Crippen LogP contribution < -0.4 is 0 Å². The van der Waals surface area contributed by atoms with Crippen molar-refractivity contribution in [2.24, 2.45) is 23.7 Å². The number of thioether (sulfide) groups is 1. The Bertz CT molecular complexity index is 575. The van der Waals surface area contributed by atoms with E-state index in [9.17, 15) is 14.7 Å². The minimum atomic E-state index is -0.968. The van der Waals surface area contributed by atoms with Gasteiger partial charge in [-0.3, -0.25) is 0 Å². The number of nitrogens with zero attached hydrogens (tertiary/aromatic N) is 1. The molecule has 0 radical (unpaired) electrons. The van der Waals surface area contributed by atoms with Crippen LogP contribution in [0.4, 0.5) is 4.79 Å². The Morgan fingerprint density at radius 1 is 1.15 bits per heavy atom. The molecule has 5 fully saturated rings. The third kappa shape index (κ3) is 2.95. The second-order valence-electron chi connectivity index (χ2n) is 9.68. The average Bonchev–Trinajstić information content (AvgIpc) is 2.88. The summed E-state index contributed by atoms with van der Waals surface area (Å²) in [5, 5.41) is 10.3. The van der Waals surface area contributed by atoms with Gasteiger partial charge in [0.1, 0.15) is 12.6 Å². The number of carbonyl (C=O) groups is 2. The molecule has 6 heteroatoms. The van der Waals surface area contributed by atoms with E-state index < -0.39 is 6.09 Å². The lowest BCUT2D eigenvalue weighted by atomic mass is 9.56. The van der Waals surface area contributed by atoms with Crippen LogP contribution in [-0.2, 0) is 4.79 Å². The Kier molecular flexibility index (Phi) is 4.93. The fourth-order valence-corrected chi connectivity index (χ4v) is 9.43. The number of carboxylic acid groups (broad SMARTS) is 1. The number of quaternary nitrogens is 1. The molecule has 1 N–H and O–H groups in total. The molecule has 0 aromatic heterocycles. The number of amides is 2. The molecule has 5 rings (SSSR count). The summed E-state index contributed by atoms with van der Waals surface area (Å²) in [4.78, 5) is 25.2. The standard InChI is InChI=1S/C20H31NO3S2/c1-12(11-25)18(22)21(19(23)24)10-17(3-13(21)2)26-20-7-14-4-15(8-20)6-16(5-14)9-20/h12-17H,3-11H2,1-2H3,(H-,23,24,25)/p+1/t12?,13-,14?,15?,16?,17-,20?,21-/m1/s1. The van der Waals surface area contributed by atoms with Crippen molar-refractivity contribution >= 4 is 36.4 Å². The predicted molar refractivity (Wildman–Crippen MR) is 108 cm³/mol. The largest absolute Gasteiger partial charge is 0.521 e. The van der Waals surface area contributed by atoms with E-state index in [0.717, 1.165) is 24.2 Å². The molecule has 0 spiro atoms. The van der Waals surface area contributed by atoms with Gasteiger partial charge < -0.3 is 5.11 Å². The SMILES string of the molecule is CC(CS)C(=O)[N@@+]1(C(=O)O)C[C@H](SC23CC4CC(CC(C4)C2)C3)C[C@H]1C. The van der Waals surface area contributed by atoms with Gasteiger partial charge >= 0.3 is 12.0 Å². The van der Waals surface area contributed by atoms with E-state index in [0.29, 0.717) is 17.0 Å². The van der Waals surface area contributed by atoms with E-state index in [2.05, 4.69) is 24.4 Å². The summed E-state index contributed by atoms with van der Waals surface area (Å²) in [6.45, 7) is 4.22. The van der Waals surface area contributed by atoms with Crippen LogP contribution in [0.15, 0.2) is 0 Å². The third-order valence-corrected chi connectivity index (χ3v) is 9.90. The van der Waals surface area contributed by atoms with Crippen molar-refractivity contribution in [3.05, 3.63) is 0 Å². The second kappa shape index (κ2) is 6.70. The Balaban J connectivity index is 1.53. The molecule has 5 aliphatic rings. The quantitative estimate of drug-likeness (QED) is 0.543. The highest BCUT2D eigenvalue weighted by molar-refractivity contribution is 8.01. The molecule has 4 aliphatic carbocycles. The Labute approximate surface area is 166 Å². The highest BCUT2D eigenvalue weighted by Crippen LogP contribution is 2.62. The van der Waals surface area contributed by atoms with Crippen molar-refractivity contribution in [2.45, 2.75) is 74.8 Å². The lowest BCUT2D eigenvalue weighted by Crippen LogP contribution is -2.61. The van der Waals surface area contributed by atoms with Gasteiger partial charge in [-0.05, 0) is 70.1 Å². The van der Waals surface area contributed by atoms with Crippen molar-refractivity contribution in [3.63, 3.8) is 0 Å². The number of thiol groups is 1. The Morgan fingerprint density at radius 3 is 2.15 bits per heavy atom. The molecule has 146 valence electrons. The smallest absolute Gasteiger partial charge is 0.435 e. The van der Waals surface area contributed by atoms with Crippen molar-refractivity contribution in [1.82, 2.24) is 0 Å². The zero-order chi connectivity index (χ0) is 18.7. The molecule has 0 aromatic rings. The lowest BCUT2D eigenvalue weighted by molar-refractivity contribution is -0.793. The van der Waals surface area contributed by atoms with Gasteiger partial charge in [-0.1, -0.05) is 0 Å².